The molecule has 0 saturated carbocycles. The van der Waals surface area contributed by atoms with E-state index in [1.54, 1.807) is 32.9 Å². The van der Waals surface area contributed by atoms with E-state index in [1.165, 1.54) is 28.4 Å². The number of aliphatic hydroxyl groups excluding tert-OH is 1. The maximum Gasteiger partial charge on any atom is 0.407 e. The van der Waals surface area contributed by atoms with Crippen LogP contribution < -0.4 is 30.2 Å². The van der Waals surface area contributed by atoms with E-state index in [-0.39, 0.29) is 31.1 Å². The highest BCUT2D eigenvalue weighted by Crippen LogP contribution is 2.39. The molecule has 12 heteroatoms. The number of rotatable bonds is 18. The second-order valence-electron chi connectivity index (χ2n) is 12.7. The fourth-order valence-electron chi connectivity index (χ4n) is 5.08. The summed E-state index contributed by atoms with van der Waals surface area (Å²) >= 11 is 0. The summed E-state index contributed by atoms with van der Waals surface area (Å²) < 4.78 is 27.0. The van der Waals surface area contributed by atoms with E-state index in [0.29, 0.717) is 36.0 Å². The Morgan fingerprint density at radius 3 is 1.96 bits per heavy atom. The van der Waals surface area contributed by atoms with Crippen LogP contribution in [0.2, 0.25) is 0 Å². The molecule has 4 atom stereocenters. The summed E-state index contributed by atoms with van der Waals surface area (Å²) in [4.78, 5) is 39.9. The number of methoxy groups -OCH3 is 4. The molecule has 3 amide bonds. The van der Waals surface area contributed by atoms with E-state index in [1.807, 2.05) is 44.2 Å². The predicted molar refractivity (Wildman–Crippen MR) is 179 cm³/mol. The SMILES string of the molecule is COCCNC(=O)[C@@H](NC(=O)[C@H](Cc1cc(OC)c(OC)c(OC)c1)C[C@H](O)[C@H](Cc1ccccc1)NC(=O)OC(C)(C)C)C(C)C. The van der Waals surface area contributed by atoms with Gasteiger partial charge in [-0.15, -0.1) is 0 Å². The van der Waals surface area contributed by atoms with Gasteiger partial charge in [0.2, 0.25) is 17.6 Å². The second kappa shape index (κ2) is 19.0. The Bertz CT molecular complexity index is 1260. The minimum Gasteiger partial charge on any atom is -0.493 e. The molecule has 0 bridgehead atoms. The number of hydrogen-bond donors (Lipinski definition) is 4. The zero-order chi connectivity index (χ0) is 35.1. The van der Waals surface area contributed by atoms with Crippen molar-refractivity contribution in [3.63, 3.8) is 0 Å². The molecular formula is C35H53N3O9. The van der Waals surface area contributed by atoms with Crippen LogP contribution in [0.1, 0.15) is 52.2 Å². The van der Waals surface area contributed by atoms with Gasteiger partial charge in [0.1, 0.15) is 11.6 Å². The maximum absolute atomic E-state index is 14.0. The van der Waals surface area contributed by atoms with Crippen molar-refractivity contribution in [1.29, 1.82) is 0 Å². The lowest BCUT2D eigenvalue weighted by Crippen LogP contribution is -2.53. The van der Waals surface area contributed by atoms with E-state index < -0.39 is 41.7 Å². The fourth-order valence-corrected chi connectivity index (χ4v) is 5.08. The van der Waals surface area contributed by atoms with Gasteiger partial charge in [0.15, 0.2) is 11.5 Å². The quantitative estimate of drug-likeness (QED) is 0.176. The van der Waals surface area contributed by atoms with Crippen LogP contribution in [0.25, 0.3) is 0 Å². The fraction of sp³-hybridized carbons (Fsp3) is 0.571. The van der Waals surface area contributed by atoms with Gasteiger partial charge in [0.25, 0.3) is 0 Å². The van der Waals surface area contributed by atoms with E-state index in [4.69, 9.17) is 23.7 Å². The van der Waals surface area contributed by atoms with Crippen molar-refractivity contribution in [2.24, 2.45) is 11.8 Å². The van der Waals surface area contributed by atoms with Gasteiger partial charge in [-0.3, -0.25) is 9.59 Å². The number of nitrogens with one attached hydrogen (secondary N) is 3. The molecule has 47 heavy (non-hydrogen) atoms. The highest BCUT2D eigenvalue weighted by atomic mass is 16.6. The summed E-state index contributed by atoms with van der Waals surface area (Å²) in [5, 5.41) is 20.2. The largest absolute Gasteiger partial charge is 0.493 e. The lowest BCUT2D eigenvalue weighted by Gasteiger charge is -2.30. The highest BCUT2D eigenvalue weighted by Gasteiger charge is 2.33. The van der Waals surface area contributed by atoms with Crippen LogP contribution >= 0.6 is 0 Å². The van der Waals surface area contributed by atoms with Crippen molar-refractivity contribution >= 4 is 17.9 Å². The zero-order valence-corrected chi connectivity index (χ0v) is 29.2. The van der Waals surface area contributed by atoms with Crippen molar-refractivity contribution in [2.75, 3.05) is 41.6 Å². The Balaban J connectivity index is 2.48. The van der Waals surface area contributed by atoms with Gasteiger partial charge in [0.05, 0.1) is 40.1 Å². The van der Waals surface area contributed by atoms with Gasteiger partial charge >= 0.3 is 6.09 Å². The monoisotopic (exact) mass is 659 g/mol. The lowest BCUT2D eigenvalue weighted by molar-refractivity contribution is -0.132. The zero-order valence-electron chi connectivity index (χ0n) is 29.2. The van der Waals surface area contributed by atoms with Crippen molar-refractivity contribution < 1.29 is 43.2 Å². The van der Waals surface area contributed by atoms with Crippen molar-refractivity contribution in [2.45, 2.75) is 77.7 Å². The van der Waals surface area contributed by atoms with Gasteiger partial charge in [-0.1, -0.05) is 44.2 Å². The molecule has 0 heterocycles. The molecule has 0 radical (unpaired) electrons. The molecule has 0 saturated heterocycles. The van der Waals surface area contributed by atoms with E-state index in [9.17, 15) is 19.5 Å². The first-order valence-corrected chi connectivity index (χ1v) is 15.8. The third kappa shape index (κ3) is 12.9. The standard InChI is InChI=1S/C35H53N3O9/c1-22(2)30(33(41)36-15-16-43-6)38-32(40)25(17-24-19-28(44-7)31(46-9)29(20-24)45-8)21-27(39)26(18-23-13-11-10-12-14-23)37-34(42)47-35(3,4)5/h10-14,19-20,22,25-27,30,39H,15-18,21H2,1-9H3,(H,36,41)(H,37,42)(H,38,40)/t25-,26+,27+,30+/m1/s1. The van der Waals surface area contributed by atoms with E-state index >= 15 is 0 Å². The van der Waals surface area contributed by atoms with E-state index in [2.05, 4.69) is 16.0 Å². The van der Waals surface area contributed by atoms with E-state index in [0.717, 1.165) is 5.56 Å². The predicted octanol–water partition coefficient (Wildman–Crippen LogP) is 3.66. The summed E-state index contributed by atoms with van der Waals surface area (Å²) in [6.45, 7) is 9.55. The summed E-state index contributed by atoms with van der Waals surface area (Å²) in [5.41, 5.74) is 0.805. The first kappa shape index (κ1) is 39.1. The molecule has 0 aliphatic carbocycles. The van der Waals surface area contributed by atoms with Crippen LogP contribution in [0.15, 0.2) is 42.5 Å². The Morgan fingerprint density at radius 1 is 0.830 bits per heavy atom. The second-order valence-corrected chi connectivity index (χ2v) is 12.7. The van der Waals surface area contributed by atoms with Gasteiger partial charge in [0, 0.05) is 19.6 Å². The minimum absolute atomic E-state index is 0.0497. The normalized spacial score (nSPS) is 13.9. The Morgan fingerprint density at radius 2 is 1.45 bits per heavy atom. The van der Waals surface area contributed by atoms with Crippen LogP contribution in [-0.2, 0) is 31.9 Å². The average Bonchev–Trinajstić information content (AvgIpc) is 3.01. The first-order valence-electron chi connectivity index (χ1n) is 15.8. The van der Waals surface area contributed by atoms with Gasteiger partial charge in [-0.05, 0) is 69.2 Å². The molecule has 2 aromatic rings. The van der Waals surface area contributed by atoms with Crippen LogP contribution in [0, 0.1) is 11.8 Å². The number of alkyl carbamates (subject to hydrolysis) is 1. The number of carbonyl (C=O) groups excluding carboxylic acids is 3. The number of hydrogen-bond acceptors (Lipinski definition) is 9. The molecular weight excluding hydrogens is 606 g/mol. The lowest BCUT2D eigenvalue weighted by atomic mass is 9.88. The molecule has 4 N–H and O–H groups in total. The summed E-state index contributed by atoms with van der Waals surface area (Å²) in [5.74, 6) is -0.621. The number of carbonyl (C=O) groups is 3. The number of benzene rings is 2. The molecule has 2 aromatic carbocycles. The van der Waals surface area contributed by atoms with Gasteiger partial charge in [-0.2, -0.15) is 0 Å². The smallest absolute Gasteiger partial charge is 0.407 e. The highest BCUT2D eigenvalue weighted by molar-refractivity contribution is 5.88. The maximum atomic E-state index is 14.0. The first-order chi connectivity index (χ1) is 22.2. The topological polar surface area (TPSA) is 154 Å². The Kier molecular flexibility index (Phi) is 15.8. The number of amides is 3. The number of ether oxygens (including phenoxy) is 5. The van der Waals surface area contributed by atoms with Crippen molar-refractivity contribution in [3.05, 3.63) is 53.6 Å². The Hall–Kier alpha value is -4.03. The van der Waals surface area contributed by atoms with Crippen molar-refractivity contribution in [1.82, 2.24) is 16.0 Å². The molecule has 0 aliphatic rings. The minimum atomic E-state index is -1.17. The molecule has 0 spiro atoms. The summed E-state index contributed by atoms with van der Waals surface area (Å²) in [6, 6.07) is 11.3. The van der Waals surface area contributed by atoms with Crippen LogP contribution in [-0.4, -0.2) is 88.4 Å². The summed E-state index contributed by atoms with van der Waals surface area (Å²) in [7, 11) is 6.04. The molecule has 0 aromatic heterocycles. The Labute approximate surface area is 278 Å². The van der Waals surface area contributed by atoms with Crippen LogP contribution in [0.4, 0.5) is 4.79 Å². The van der Waals surface area contributed by atoms with Crippen LogP contribution in [0.5, 0.6) is 17.2 Å². The van der Waals surface area contributed by atoms with Crippen LogP contribution in [0.3, 0.4) is 0 Å². The van der Waals surface area contributed by atoms with Gasteiger partial charge < -0.3 is 44.7 Å². The summed E-state index contributed by atoms with van der Waals surface area (Å²) in [6.07, 6.45) is -1.47. The third-order valence-electron chi connectivity index (χ3n) is 7.42. The molecule has 0 aliphatic heterocycles. The van der Waals surface area contributed by atoms with Crippen molar-refractivity contribution in [3.8, 4) is 17.2 Å². The molecule has 0 unspecified atom stereocenters. The number of aliphatic hydroxyl groups is 1. The molecule has 2 rings (SSSR count). The average molecular weight is 660 g/mol. The molecule has 0 fully saturated rings. The third-order valence-corrected chi connectivity index (χ3v) is 7.42. The molecule has 12 nitrogen and oxygen atoms in total. The molecule has 262 valence electrons. The van der Waals surface area contributed by atoms with Gasteiger partial charge in [-0.25, -0.2) is 4.79 Å².